The van der Waals surface area contributed by atoms with Crippen LogP contribution in [0.1, 0.15) is 44.7 Å². The molecule has 0 aliphatic carbocycles. The Labute approximate surface area is 283 Å². The number of hydrogen-bond acceptors (Lipinski definition) is 10. The summed E-state index contributed by atoms with van der Waals surface area (Å²) in [7, 11) is 2.92. The number of rotatable bonds is 6. The number of nitrogens with zero attached hydrogens (tertiary/aromatic N) is 4. The molecule has 0 saturated carbocycles. The molecule has 3 aromatic rings. The molecule has 45 heavy (non-hydrogen) atoms. The molecule has 1 fully saturated rings. The number of hydrogen-bond donors (Lipinski definition) is 2. The van der Waals surface area contributed by atoms with Gasteiger partial charge in [-0.2, -0.15) is 5.10 Å². The van der Waals surface area contributed by atoms with Crippen LogP contribution in [0.25, 0.3) is 10.9 Å². The Morgan fingerprint density at radius 2 is 1.93 bits per heavy atom. The molecule has 16 heteroatoms. The van der Waals surface area contributed by atoms with Crippen molar-refractivity contribution in [3.63, 3.8) is 0 Å². The number of carbonyl (C=O) groups is 4. The van der Waals surface area contributed by atoms with Gasteiger partial charge in [0.25, 0.3) is 0 Å². The van der Waals surface area contributed by atoms with E-state index in [2.05, 4.69) is 43.1 Å². The molecule has 2 aromatic heterocycles. The van der Waals surface area contributed by atoms with Crippen molar-refractivity contribution in [2.45, 2.75) is 57.3 Å². The number of anilines is 1. The molecule has 1 saturated heterocycles. The fraction of sp³-hybridized carbons (Fsp3) is 0.448. The van der Waals surface area contributed by atoms with Gasteiger partial charge in [0.05, 0.1) is 18.8 Å². The maximum absolute atomic E-state index is 13.3. The number of fused-ring (bicyclic) bond motifs is 3. The summed E-state index contributed by atoms with van der Waals surface area (Å²) < 4.78 is 25.2. The van der Waals surface area contributed by atoms with Crippen molar-refractivity contribution >= 4 is 63.6 Å². The van der Waals surface area contributed by atoms with E-state index in [1.54, 1.807) is 43.3 Å². The van der Waals surface area contributed by atoms with Crippen molar-refractivity contribution in [3.8, 4) is 0 Å². The number of benzene rings is 1. The summed E-state index contributed by atoms with van der Waals surface area (Å²) in [5.41, 5.74) is 0.708. The van der Waals surface area contributed by atoms with Gasteiger partial charge in [-0.15, -0.1) is 0 Å². The normalized spacial score (nSPS) is 16.4. The van der Waals surface area contributed by atoms with E-state index >= 15 is 0 Å². The van der Waals surface area contributed by atoms with E-state index in [9.17, 15) is 19.2 Å². The van der Waals surface area contributed by atoms with Crippen molar-refractivity contribution in [3.05, 3.63) is 48.9 Å². The van der Waals surface area contributed by atoms with E-state index in [0.29, 0.717) is 11.4 Å². The number of halogens is 2. The van der Waals surface area contributed by atoms with E-state index in [-0.39, 0.29) is 32.4 Å². The summed E-state index contributed by atoms with van der Waals surface area (Å²) in [5, 5.41) is 10.5. The van der Waals surface area contributed by atoms with Gasteiger partial charge >= 0.3 is 212 Å². The molecule has 1 atom stereocenters. The topological polar surface area (TPSA) is 165 Å². The fourth-order valence-electron chi connectivity index (χ4n) is 5.12. The molecule has 242 valence electrons. The summed E-state index contributed by atoms with van der Waals surface area (Å²) in [5.74, 6) is -0.288. The number of pyridine rings is 1. The molecule has 2 aliphatic heterocycles. The third kappa shape index (κ3) is 7.53. The number of aromatic amines is 1. The molecule has 1 spiro atoms. The minimum atomic E-state index is -1.16. The van der Waals surface area contributed by atoms with E-state index in [4.69, 9.17) is 18.9 Å². The Morgan fingerprint density at radius 1 is 1.20 bits per heavy atom. The zero-order chi connectivity index (χ0) is 32.5. The molecule has 5 rings (SSSR count). The van der Waals surface area contributed by atoms with Gasteiger partial charge in [-0.3, -0.25) is 5.10 Å². The number of ether oxygens (including phenoxy) is 4. The molecule has 3 amide bonds. The number of amides is 3. The summed E-state index contributed by atoms with van der Waals surface area (Å²) in [4.78, 5) is 56.9. The van der Waals surface area contributed by atoms with Crippen molar-refractivity contribution in [2.75, 3.05) is 32.6 Å². The Balaban J connectivity index is 1.27. The number of esters is 1. The van der Waals surface area contributed by atoms with Crippen LogP contribution in [-0.2, 0) is 35.8 Å². The standard InChI is InChI=1S/C29H33I2N6O8/c1-28(2,3)45-26(40)36(4)31-18-13-19-23(32-15-18)34-25(39)44-29(19)6-8-37(9-7-29)27(41)43-21(24(38)42-5)12-16-10-17-14-33-35-22(17)20(30)11-16/h10-11,13-15,21H,6-9,12H2,1-5H3,(H,33,35)(H,32,34,39)/q-1. The molecule has 2 N–H and O–H groups in total. The Hall–Kier alpha value is -3.42. The predicted octanol–water partition coefficient (Wildman–Crippen LogP) is 1.38. The molecule has 4 heterocycles. The van der Waals surface area contributed by atoms with Crippen molar-refractivity contribution in [1.82, 2.24) is 23.2 Å². The van der Waals surface area contributed by atoms with Crippen LogP contribution in [0.5, 0.6) is 0 Å². The van der Waals surface area contributed by atoms with Crippen molar-refractivity contribution < 1.29 is 59.6 Å². The number of methoxy groups -OCH3 is 1. The first kappa shape index (κ1) is 33.0. The average molecular weight is 847 g/mol. The molecule has 0 radical (unpaired) electrons. The molecular weight excluding hydrogens is 814 g/mol. The summed E-state index contributed by atoms with van der Waals surface area (Å²) in [6.45, 7) is 5.83. The van der Waals surface area contributed by atoms with Crippen LogP contribution in [0.4, 0.5) is 20.2 Å². The summed E-state index contributed by atoms with van der Waals surface area (Å²) in [6.07, 6.45) is 1.13. The third-order valence-corrected chi connectivity index (χ3v) is 10.4. The van der Waals surface area contributed by atoms with E-state index in [1.165, 1.54) is 12.0 Å². The number of likely N-dealkylation sites (tertiary alicyclic amines) is 1. The SMILES string of the molecule is COC(=O)C(Cc1cc(I)c2[nH]ncc2c1)OC(=O)N1CCC2(CC1)OC(=O)Nc1ncc([I-]N(C)C(=O)OC(C)(C)C)cc12. The molecule has 14 nitrogen and oxygen atoms in total. The second-order valence-electron chi connectivity index (χ2n) is 11.6. The molecule has 0 bridgehead atoms. The van der Waals surface area contributed by atoms with Crippen LogP contribution in [0.15, 0.2) is 30.6 Å². The van der Waals surface area contributed by atoms with Crippen molar-refractivity contribution in [2.24, 2.45) is 0 Å². The van der Waals surface area contributed by atoms with Crippen LogP contribution >= 0.6 is 22.6 Å². The van der Waals surface area contributed by atoms with Gasteiger partial charge in [0.2, 0.25) is 0 Å². The Kier molecular flexibility index (Phi) is 9.62. The second kappa shape index (κ2) is 13.1. The van der Waals surface area contributed by atoms with Gasteiger partial charge in [0, 0.05) is 8.96 Å². The Morgan fingerprint density at radius 3 is 2.62 bits per heavy atom. The minimum absolute atomic E-state index is 0.124. The number of nitrogens with one attached hydrogen (secondary N) is 2. The molecule has 1 unspecified atom stereocenters. The molecular formula is C29H33I2N6O8-. The van der Waals surface area contributed by atoms with Gasteiger partial charge in [-0.25, -0.2) is 0 Å². The van der Waals surface area contributed by atoms with Gasteiger partial charge in [0.15, 0.2) is 0 Å². The van der Waals surface area contributed by atoms with Gasteiger partial charge < -0.3 is 0 Å². The van der Waals surface area contributed by atoms with E-state index < -0.39 is 63.0 Å². The van der Waals surface area contributed by atoms with Crippen LogP contribution in [0.3, 0.4) is 0 Å². The van der Waals surface area contributed by atoms with Crippen LogP contribution < -0.4 is 26.8 Å². The van der Waals surface area contributed by atoms with Crippen LogP contribution in [-0.4, -0.2) is 86.4 Å². The summed E-state index contributed by atoms with van der Waals surface area (Å²) in [6, 6.07) is 5.68. The number of aromatic nitrogens is 3. The van der Waals surface area contributed by atoms with Gasteiger partial charge in [-0.05, 0) is 34.7 Å². The van der Waals surface area contributed by atoms with Crippen molar-refractivity contribution in [1.29, 1.82) is 0 Å². The number of piperidine rings is 1. The third-order valence-electron chi connectivity index (χ3n) is 7.24. The quantitative estimate of drug-likeness (QED) is 0.160. The fourth-order valence-corrected chi connectivity index (χ4v) is 7.80. The molecule has 1 aromatic carbocycles. The van der Waals surface area contributed by atoms with Gasteiger partial charge in [-0.1, -0.05) is 0 Å². The Bertz CT molecular complexity index is 1630. The number of H-pyrrole nitrogens is 1. The zero-order valence-corrected chi connectivity index (χ0v) is 29.6. The number of carbonyl (C=O) groups excluding carboxylic acids is 4. The van der Waals surface area contributed by atoms with Crippen LogP contribution in [0.2, 0.25) is 0 Å². The first-order chi connectivity index (χ1) is 21.3. The summed E-state index contributed by atoms with van der Waals surface area (Å²) >= 11 is 1.21. The zero-order valence-electron chi connectivity index (χ0n) is 25.3. The van der Waals surface area contributed by atoms with Crippen LogP contribution in [0, 0.1) is 7.14 Å². The monoisotopic (exact) mass is 847 g/mol. The van der Waals surface area contributed by atoms with E-state index in [0.717, 1.165) is 23.6 Å². The second-order valence-corrected chi connectivity index (χ2v) is 15.9. The predicted molar refractivity (Wildman–Crippen MR) is 164 cm³/mol. The first-order valence-electron chi connectivity index (χ1n) is 14.0. The maximum atomic E-state index is 13.3. The van der Waals surface area contributed by atoms with E-state index in [1.807, 2.05) is 18.2 Å². The average Bonchev–Trinajstić information content (AvgIpc) is 3.45. The molecule has 2 aliphatic rings. The van der Waals surface area contributed by atoms with Gasteiger partial charge in [0.1, 0.15) is 0 Å². The first-order valence-corrected chi connectivity index (χ1v) is 17.2.